The van der Waals surface area contributed by atoms with Gasteiger partial charge in [0.1, 0.15) is 0 Å². The fraction of sp³-hybridized carbons (Fsp3) is 0.857. The molecule has 0 atom stereocenters. The summed E-state index contributed by atoms with van der Waals surface area (Å²) in [6, 6.07) is 0. The van der Waals surface area contributed by atoms with Gasteiger partial charge < -0.3 is 10.6 Å². The Balaban J connectivity index is 2.53. The van der Waals surface area contributed by atoms with Crippen molar-refractivity contribution < 1.29 is 13.6 Å². The van der Waals surface area contributed by atoms with Crippen molar-refractivity contribution >= 4 is 5.91 Å². The van der Waals surface area contributed by atoms with E-state index in [0.717, 1.165) is 12.8 Å². The first-order chi connectivity index (χ1) is 5.63. The fourth-order valence-corrected chi connectivity index (χ4v) is 1.03. The molecule has 0 saturated carbocycles. The van der Waals surface area contributed by atoms with Crippen LogP contribution in [0.25, 0.3) is 0 Å². The summed E-state index contributed by atoms with van der Waals surface area (Å²) in [6.45, 7) is 0.333. The van der Waals surface area contributed by atoms with Gasteiger partial charge in [-0.25, -0.2) is 0 Å². The number of rotatable bonds is 0. The molecule has 0 spiro atoms. The van der Waals surface area contributed by atoms with E-state index in [1.165, 1.54) is 0 Å². The number of halogens is 2. The van der Waals surface area contributed by atoms with Gasteiger partial charge in [0.05, 0.1) is 6.54 Å². The van der Waals surface area contributed by atoms with Crippen molar-refractivity contribution in [3.05, 3.63) is 0 Å². The minimum atomic E-state index is -3.26. The van der Waals surface area contributed by atoms with Crippen molar-refractivity contribution in [2.24, 2.45) is 0 Å². The fourth-order valence-electron chi connectivity index (χ4n) is 1.03. The van der Waals surface area contributed by atoms with Gasteiger partial charge in [-0.2, -0.15) is 8.78 Å². The molecular weight excluding hydrogens is 166 g/mol. The van der Waals surface area contributed by atoms with Crippen molar-refractivity contribution in [1.29, 1.82) is 0 Å². The Bertz CT molecular complexity index is 173. The van der Waals surface area contributed by atoms with E-state index in [9.17, 15) is 13.6 Å². The molecular formula is C7H12F2N2O. The molecule has 1 amide bonds. The Labute approximate surface area is 69.5 Å². The average molecular weight is 178 g/mol. The van der Waals surface area contributed by atoms with E-state index in [-0.39, 0.29) is 0 Å². The summed E-state index contributed by atoms with van der Waals surface area (Å²) in [7, 11) is 0. The molecule has 1 rings (SSSR count). The quantitative estimate of drug-likeness (QED) is 0.553. The van der Waals surface area contributed by atoms with E-state index >= 15 is 0 Å². The molecule has 3 nitrogen and oxygen atoms in total. The van der Waals surface area contributed by atoms with E-state index in [4.69, 9.17) is 0 Å². The summed E-state index contributed by atoms with van der Waals surface area (Å²) in [5, 5.41) is 4.72. The highest BCUT2D eigenvalue weighted by molar-refractivity contribution is 5.83. The number of hydrogen-bond acceptors (Lipinski definition) is 2. The molecule has 1 fully saturated rings. The van der Waals surface area contributed by atoms with Crippen molar-refractivity contribution in [2.45, 2.75) is 18.8 Å². The first kappa shape index (κ1) is 9.38. The summed E-state index contributed by atoms with van der Waals surface area (Å²) in [5.41, 5.74) is 0. The monoisotopic (exact) mass is 178 g/mol. The van der Waals surface area contributed by atoms with Crippen LogP contribution >= 0.6 is 0 Å². The average Bonchev–Trinajstić information content (AvgIpc) is 2.06. The number of carbonyl (C=O) groups is 1. The lowest BCUT2D eigenvalue weighted by Crippen LogP contribution is -2.46. The molecule has 0 bridgehead atoms. The maximum Gasteiger partial charge on any atom is 0.336 e. The summed E-state index contributed by atoms with van der Waals surface area (Å²) in [4.78, 5) is 10.7. The van der Waals surface area contributed by atoms with Crippen molar-refractivity contribution in [3.8, 4) is 0 Å². The van der Waals surface area contributed by atoms with Gasteiger partial charge in [0, 0.05) is 6.54 Å². The minimum absolute atomic E-state index is 0.343. The second-order valence-electron chi connectivity index (χ2n) is 2.84. The highest BCUT2D eigenvalue weighted by Gasteiger charge is 2.38. The first-order valence-electron chi connectivity index (χ1n) is 4.00. The van der Waals surface area contributed by atoms with Crippen molar-refractivity contribution in [3.63, 3.8) is 0 Å². The van der Waals surface area contributed by atoms with Crippen LogP contribution in [0.3, 0.4) is 0 Å². The molecule has 0 aromatic rings. The maximum absolute atomic E-state index is 12.7. The summed E-state index contributed by atoms with van der Waals surface area (Å²) >= 11 is 0. The van der Waals surface area contributed by atoms with Crippen LogP contribution in [0.4, 0.5) is 8.78 Å². The molecule has 1 aliphatic rings. The zero-order chi connectivity index (χ0) is 9.03. The van der Waals surface area contributed by atoms with Gasteiger partial charge in [-0.05, 0) is 19.4 Å². The third-order valence-corrected chi connectivity index (χ3v) is 1.75. The predicted molar refractivity (Wildman–Crippen MR) is 40.1 cm³/mol. The van der Waals surface area contributed by atoms with Gasteiger partial charge in [0.2, 0.25) is 0 Å². The molecule has 2 N–H and O–H groups in total. The Morgan fingerprint density at radius 1 is 1.25 bits per heavy atom. The number of hydrogen-bond donors (Lipinski definition) is 2. The molecule has 70 valence electrons. The lowest BCUT2D eigenvalue weighted by Gasteiger charge is -2.14. The Morgan fingerprint density at radius 2 is 1.92 bits per heavy atom. The Morgan fingerprint density at radius 3 is 2.67 bits per heavy atom. The minimum Gasteiger partial charge on any atom is -0.351 e. The van der Waals surface area contributed by atoms with E-state index < -0.39 is 18.4 Å². The second-order valence-corrected chi connectivity index (χ2v) is 2.84. The van der Waals surface area contributed by atoms with Crippen LogP contribution in [-0.4, -0.2) is 31.5 Å². The first-order valence-corrected chi connectivity index (χ1v) is 4.00. The lowest BCUT2D eigenvalue weighted by molar-refractivity contribution is -0.144. The largest absolute Gasteiger partial charge is 0.351 e. The topological polar surface area (TPSA) is 41.1 Å². The summed E-state index contributed by atoms with van der Waals surface area (Å²) < 4.78 is 25.5. The smallest absolute Gasteiger partial charge is 0.336 e. The van der Waals surface area contributed by atoms with E-state index in [1.807, 2.05) is 0 Å². The number of carbonyl (C=O) groups excluding carboxylic acids is 1. The number of alkyl halides is 2. The number of amides is 1. The zero-order valence-electron chi connectivity index (χ0n) is 6.70. The standard InChI is InChI=1S/C7H12F2N2O/c8-7(9)5-10-3-1-2-4-11-6(7)12/h10H,1-5H2,(H,11,12). The van der Waals surface area contributed by atoms with E-state index in [2.05, 4.69) is 10.6 Å². The molecule has 0 aromatic heterocycles. The van der Waals surface area contributed by atoms with E-state index in [1.54, 1.807) is 0 Å². The van der Waals surface area contributed by atoms with Crippen LogP contribution in [0, 0.1) is 0 Å². The summed E-state index contributed by atoms with van der Waals surface area (Å²) in [6.07, 6.45) is 1.56. The van der Waals surface area contributed by atoms with Gasteiger partial charge in [-0.1, -0.05) is 0 Å². The van der Waals surface area contributed by atoms with Gasteiger partial charge in [-0.3, -0.25) is 4.79 Å². The van der Waals surface area contributed by atoms with Crippen molar-refractivity contribution in [2.75, 3.05) is 19.6 Å². The highest BCUT2D eigenvalue weighted by Crippen LogP contribution is 2.12. The van der Waals surface area contributed by atoms with Crippen molar-refractivity contribution in [1.82, 2.24) is 10.6 Å². The third kappa shape index (κ3) is 2.41. The molecule has 5 heteroatoms. The second kappa shape index (κ2) is 3.80. The van der Waals surface area contributed by atoms with Crippen LogP contribution in [0.15, 0.2) is 0 Å². The molecule has 0 aliphatic carbocycles. The predicted octanol–water partition coefficient (Wildman–Crippen LogP) is 0.121. The Kier molecular flexibility index (Phi) is 2.97. The van der Waals surface area contributed by atoms with Crippen LogP contribution in [0.5, 0.6) is 0 Å². The van der Waals surface area contributed by atoms with Crippen LogP contribution < -0.4 is 10.6 Å². The maximum atomic E-state index is 12.7. The third-order valence-electron chi connectivity index (χ3n) is 1.75. The van der Waals surface area contributed by atoms with Crippen LogP contribution in [-0.2, 0) is 4.79 Å². The molecule has 0 aromatic carbocycles. The molecule has 0 radical (unpaired) electrons. The summed E-state index contributed by atoms with van der Waals surface area (Å²) in [5.74, 6) is -4.43. The van der Waals surface area contributed by atoms with Crippen LogP contribution in [0.2, 0.25) is 0 Å². The normalized spacial score (nSPS) is 25.0. The van der Waals surface area contributed by atoms with Gasteiger partial charge in [0.15, 0.2) is 0 Å². The number of nitrogens with one attached hydrogen (secondary N) is 2. The van der Waals surface area contributed by atoms with E-state index in [0.29, 0.717) is 13.1 Å². The Hall–Kier alpha value is -0.710. The van der Waals surface area contributed by atoms with Gasteiger partial charge in [0.25, 0.3) is 5.91 Å². The molecule has 1 saturated heterocycles. The zero-order valence-corrected chi connectivity index (χ0v) is 6.70. The SMILES string of the molecule is O=C1NCCCCNCC1(F)F. The van der Waals surface area contributed by atoms with Crippen LogP contribution in [0.1, 0.15) is 12.8 Å². The molecule has 0 unspecified atom stereocenters. The van der Waals surface area contributed by atoms with Gasteiger partial charge in [-0.15, -0.1) is 0 Å². The molecule has 12 heavy (non-hydrogen) atoms. The highest BCUT2D eigenvalue weighted by atomic mass is 19.3. The molecule has 1 aliphatic heterocycles. The van der Waals surface area contributed by atoms with Gasteiger partial charge >= 0.3 is 5.92 Å². The molecule has 1 heterocycles. The lowest BCUT2D eigenvalue weighted by atomic mass is 10.3.